The molecule has 0 spiro atoms. The van der Waals surface area contributed by atoms with E-state index in [2.05, 4.69) is 51.7 Å². The lowest BCUT2D eigenvalue weighted by atomic mass is 10.1. The van der Waals surface area contributed by atoms with E-state index < -0.39 is 0 Å². The fourth-order valence-corrected chi connectivity index (χ4v) is 3.56. The Bertz CT molecular complexity index is 868. The minimum absolute atomic E-state index is 0. The topological polar surface area (TPSA) is 82.8 Å². The first-order chi connectivity index (χ1) is 14.1. The van der Waals surface area contributed by atoms with Crippen molar-refractivity contribution in [3.05, 3.63) is 69.8 Å². The summed E-state index contributed by atoms with van der Waals surface area (Å²) in [5.74, 6) is 0.643. The largest absolute Gasteiger partial charge is 0.372 e. The maximum absolute atomic E-state index is 11.2. The number of hydrogen-bond acceptors (Lipinski definition) is 4. The van der Waals surface area contributed by atoms with Crippen LogP contribution in [0.15, 0.2) is 53.5 Å². The summed E-state index contributed by atoms with van der Waals surface area (Å²) in [4.78, 5) is 17.8. The summed E-state index contributed by atoms with van der Waals surface area (Å²) in [6.45, 7) is 7.29. The third-order valence-electron chi connectivity index (χ3n) is 5.13. The zero-order valence-corrected chi connectivity index (χ0v) is 19.8. The molecule has 8 heteroatoms. The molecule has 1 atom stereocenters. The second-order valence-corrected chi connectivity index (χ2v) is 7.24. The monoisotopic (exact) mass is 523 g/mol. The highest BCUT2D eigenvalue weighted by Crippen LogP contribution is 2.24. The van der Waals surface area contributed by atoms with Gasteiger partial charge in [0.25, 0.3) is 5.69 Å². The van der Waals surface area contributed by atoms with Crippen molar-refractivity contribution in [3.63, 3.8) is 0 Å². The number of aliphatic imine (C=N–C) groups is 1. The van der Waals surface area contributed by atoms with Gasteiger partial charge in [-0.05, 0) is 44.4 Å². The Hall–Kier alpha value is -2.36. The van der Waals surface area contributed by atoms with E-state index >= 15 is 0 Å². The fourth-order valence-electron chi connectivity index (χ4n) is 3.56. The molecule has 0 aliphatic carbocycles. The molecular formula is C22H30IN5O2. The van der Waals surface area contributed by atoms with Gasteiger partial charge >= 0.3 is 0 Å². The quantitative estimate of drug-likeness (QED) is 0.182. The summed E-state index contributed by atoms with van der Waals surface area (Å²) < 4.78 is 0. The van der Waals surface area contributed by atoms with Gasteiger partial charge in [0.1, 0.15) is 0 Å². The minimum Gasteiger partial charge on any atom is -0.372 e. The number of nitro benzene ring substituents is 1. The van der Waals surface area contributed by atoms with Crippen LogP contribution < -0.4 is 15.5 Å². The van der Waals surface area contributed by atoms with Crippen LogP contribution in [0.3, 0.4) is 0 Å². The van der Waals surface area contributed by atoms with Crippen LogP contribution >= 0.6 is 24.0 Å². The molecule has 1 heterocycles. The second kappa shape index (κ2) is 11.7. The number of guanidine groups is 1. The van der Waals surface area contributed by atoms with Crippen LogP contribution in [0.25, 0.3) is 0 Å². The summed E-state index contributed by atoms with van der Waals surface area (Å²) in [7, 11) is 0. The Kier molecular flexibility index (Phi) is 9.35. The number of rotatable bonds is 7. The lowest BCUT2D eigenvalue weighted by Crippen LogP contribution is -2.38. The molecule has 0 saturated carbocycles. The van der Waals surface area contributed by atoms with Crippen LogP contribution in [0.5, 0.6) is 0 Å². The van der Waals surface area contributed by atoms with Gasteiger partial charge in [-0.1, -0.05) is 30.3 Å². The van der Waals surface area contributed by atoms with Crippen molar-refractivity contribution < 1.29 is 4.92 Å². The van der Waals surface area contributed by atoms with Gasteiger partial charge in [0.05, 0.1) is 23.1 Å². The third kappa shape index (κ3) is 6.32. The number of nitrogens with zero attached hydrogens (tertiary/aromatic N) is 3. The first-order valence-corrected chi connectivity index (χ1v) is 10.2. The van der Waals surface area contributed by atoms with Gasteiger partial charge in [-0.2, -0.15) is 0 Å². The minimum atomic E-state index is -0.363. The maximum Gasteiger partial charge on any atom is 0.274 e. The van der Waals surface area contributed by atoms with E-state index in [1.807, 2.05) is 6.92 Å². The van der Waals surface area contributed by atoms with Gasteiger partial charge in [-0.15, -0.1) is 24.0 Å². The summed E-state index contributed by atoms with van der Waals surface area (Å²) in [6.07, 6.45) is 2.50. The van der Waals surface area contributed by atoms with Gasteiger partial charge in [0.2, 0.25) is 0 Å². The van der Waals surface area contributed by atoms with Crippen molar-refractivity contribution in [2.45, 2.75) is 39.3 Å². The van der Waals surface area contributed by atoms with Gasteiger partial charge < -0.3 is 15.5 Å². The Morgan fingerprint density at radius 3 is 2.63 bits per heavy atom. The molecule has 1 aliphatic rings. The van der Waals surface area contributed by atoms with E-state index in [-0.39, 0.29) is 47.2 Å². The highest BCUT2D eigenvalue weighted by atomic mass is 127. The zero-order chi connectivity index (χ0) is 20.6. The number of para-hydroxylation sites is 1. The van der Waals surface area contributed by atoms with Crippen molar-refractivity contribution in [2.24, 2.45) is 4.99 Å². The highest BCUT2D eigenvalue weighted by Gasteiger charge is 2.15. The van der Waals surface area contributed by atoms with E-state index in [4.69, 9.17) is 0 Å². The van der Waals surface area contributed by atoms with Crippen LogP contribution in [0.4, 0.5) is 11.4 Å². The van der Waals surface area contributed by atoms with Gasteiger partial charge in [0, 0.05) is 31.4 Å². The zero-order valence-electron chi connectivity index (χ0n) is 17.5. The van der Waals surface area contributed by atoms with Gasteiger partial charge in [0.15, 0.2) is 5.96 Å². The summed E-state index contributed by atoms with van der Waals surface area (Å²) in [5, 5.41) is 17.9. The summed E-state index contributed by atoms with van der Waals surface area (Å²) >= 11 is 0. The van der Waals surface area contributed by atoms with Crippen LogP contribution in [0, 0.1) is 10.1 Å². The predicted molar refractivity (Wildman–Crippen MR) is 133 cm³/mol. The van der Waals surface area contributed by atoms with Crippen LogP contribution in [0.2, 0.25) is 0 Å². The number of anilines is 1. The molecule has 2 aromatic carbocycles. The van der Waals surface area contributed by atoms with E-state index in [1.165, 1.54) is 30.2 Å². The standard InChI is InChI=1S/C22H29N5O2.HI/c1-3-23-22(24-16-19-9-4-5-12-21(19)27(28)29)25-17(2)18-10-8-11-20(15-18)26-13-6-7-14-26;/h4-5,8-12,15,17H,3,6-7,13-14,16H2,1-2H3,(H2,23,24,25);1H. The maximum atomic E-state index is 11.2. The lowest BCUT2D eigenvalue weighted by molar-refractivity contribution is -0.385. The molecule has 30 heavy (non-hydrogen) atoms. The summed E-state index contributed by atoms with van der Waals surface area (Å²) in [5.41, 5.74) is 3.14. The first-order valence-electron chi connectivity index (χ1n) is 10.2. The average Bonchev–Trinajstić information content (AvgIpc) is 3.27. The van der Waals surface area contributed by atoms with E-state index in [0.717, 1.165) is 13.1 Å². The molecule has 1 aliphatic heterocycles. The Labute approximate surface area is 195 Å². The highest BCUT2D eigenvalue weighted by molar-refractivity contribution is 14.0. The molecule has 0 bridgehead atoms. The fraction of sp³-hybridized carbons (Fsp3) is 0.409. The lowest BCUT2D eigenvalue weighted by Gasteiger charge is -2.22. The molecule has 1 fully saturated rings. The number of halogens is 1. The normalized spacial score (nSPS) is 14.7. The van der Waals surface area contributed by atoms with Crippen molar-refractivity contribution in [1.82, 2.24) is 10.6 Å². The molecule has 1 saturated heterocycles. The van der Waals surface area contributed by atoms with Crippen molar-refractivity contribution in [2.75, 3.05) is 24.5 Å². The van der Waals surface area contributed by atoms with Crippen molar-refractivity contribution >= 4 is 41.3 Å². The van der Waals surface area contributed by atoms with Crippen LogP contribution in [0.1, 0.15) is 43.9 Å². The van der Waals surface area contributed by atoms with Crippen molar-refractivity contribution in [3.8, 4) is 0 Å². The first kappa shape index (κ1) is 23.9. The molecule has 0 radical (unpaired) electrons. The molecule has 0 aromatic heterocycles. The van der Waals surface area contributed by atoms with Crippen LogP contribution in [-0.4, -0.2) is 30.5 Å². The number of benzene rings is 2. The molecule has 0 amide bonds. The molecular weight excluding hydrogens is 493 g/mol. The SMILES string of the molecule is CCNC(=NCc1ccccc1[N+](=O)[O-])NC(C)c1cccc(N2CCCC2)c1.I. The van der Waals surface area contributed by atoms with E-state index in [1.54, 1.807) is 18.2 Å². The Balaban J connectivity index is 0.00000320. The van der Waals surface area contributed by atoms with Crippen molar-refractivity contribution in [1.29, 1.82) is 0 Å². The molecule has 2 N–H and O–H groups in total. The molecule has 162 valence electrons. The average molecular weight is 523 g/mol. The smallest absolute Gasteiger partial charge is 0.274 e. The molecule has 1 unspecified atom stereocenters. The van der Waals surface area contributed by atoms with E-state index in [0.29, 0.717) is 18.1 Å². The summed E-state index contributed by atoms with van der Waals surface area (Å²) in [6, 6.07) is 15.4. The van der Waals surface area contributed by atoms with Crippen LogP contribution in [-0.2, 0) is 6.54 Å². The number of hydrogen-bond donors (Lipinski definition) is 2. The van der Waals surface area contributed by atoms with E-state index in [9.17, 15) is 10.1 Å². The second-order valence-electron chi connectivity index (χ2n) is 7.24. The van der Waals surface area contributed by atoms with Gasteiger partial charge in [-0.3, -0.25) is 10.1 Å². The molecule has 2 aromatic rings. The molecule has 7 nitrogen and oxygen atoms in total. The number of nitro groups is 1. The third-order valence-corrected chi connectivity index (χ3v) is 5.13. The Morgan fingerprint density at radius 2 is 1.93 bits per heavy atom. The molecule has 3 rings (SSSR count). The Morgan fingerprint density at radius 1 is 1.20 bits per heavy atom. The number of nitrogens with one attached hydrogen (secondary N) is 2. The predicted octanol–water partition coefficient (Wildman–Crippen LogP) is 4.63. The van der Waals surface area contributed by atoms with Gasteiger partial charge in [-0.25, -0.2) is 4.99 Å².